The van der Waals surface area contributed by atoms with Crippen molar-refractivity contribution in [3.05, 3.63) is 64.2 Å². The first-order valence-corrected chi connectivity index (χ1v) is 6.81. The zero-order chi connectivity index (χ0) is 16.1. The van der Waals surface area contributed by atoms with Crippen molar-refractivity contribution in [2.24, 2.45) is 0 Å². The fraction of sp³-hybridized carbons (Fsp3) is 0.125. The SMILES string of the molecule is COc1ccc(Cl)cc1C(=O)NCc1ccc(C(=O)[O-])cc1. The maximum atomic E-state index is 12.2. The molecule has 1 N–H and O–H groups in total. The van der Waals surface area contributed by atoms with Gasteiger partial charge in [0.05, 0.1) is 18.6 Å². The predicted molar refractivity (Wildman–Crippen MR) is 79.9 cm³/mol. The lowest BCUT2D eigenvalue weighted by Gasteiger charge is -2.10. The number of benzene rings is 2. The van der Waals surface area contributed by atoms with Crippen LogP contribution in [0.1, 0.15) is 26.3 Å². The molecule has 22 heavy (non-hydrogen) atoms. The Morgan fingerprint density at radius 1 is 1.18 bits per heavy atom. The second-order valence-corrected chi connectivity index (χ2v) is 4.95. The quantitative estimate of drug-likeness (QED) is 0.909. The van der Waals surface area contributed by atoms with Crippen molar-refractivity contribution in [2.45, 2.75) is 6.54 Å². The number of carbonyl (C=O) groups excluding carboxylic acids is 2. The van der Waals surface area contributed by atoms with Crippen LogP contribution >= 0.6 is 11.6 Å². The molecule has 0 aliphatic heterocycles. The molecule has 0 atom stereocenters. The molecule has 2 rings (SSSR count). The molecule has 0 fully saturated rings. The van der Waals surface area contributed by atoms with Crippen LogP contribution < -0.4 is 15.2 Å². The van der Waals surface area contributed by atoms with Crippen LogP contribution in [0, 0.1) is 0 Å². The van der Waals surface area contributed by atoms with Crippen molar-refractivity contribution in [1.82, 2.24) is 5.32 Å². The van der Waals surface area contributed by atoms with Crippen molar-refractivity contribution >= 4 is 23.5 Å². The zero-order valence-corrected chi connectivity index (χ0v) is 12.5. The molecular weight excluding hydrogens is 306 g/mol. The van der Waals surface area contributed by atoms with Gasteiger partial charge in [0.15, 0.2) is 0 Å². The molecule has 114 valence electrons. The van der Waals surface area contributed by atoms with Crippen molar-refractivity contribution in [1.29, 1.82) is 0 Å². The minimum Gasteiger partial charge on any atom is -0.545 e. The minimum absolute atomic E-state index is 0.0894. The molecule has 0 radical (unpaired) electrons. The Balaban J connectivity index is 2.06. The Morgan fingerprint density at radius 2 is 1.86 bits per heavy atom. The Kier molecular flexibility index (Phi) is 5.01. The van der Waals surface area contributed by atoms with Crippen LogP contribution in [0.4, 0.5) is 0 Å². The lowest BCUT2D eigenvalue weighted by atomic mass is 10.1. The van der Waals surface area contributed by atoms with Crippen LogP contribution in [-0.4, -0.2) is 19.0 Å². The average Bonchev–Trinajstić information content (AvgIpc) is 2.53. The van der Waals surface area contributed by atoms with Crippen LogP contribution in [0.3, 0.4) is 0 Å². The molecule has 0 heterocycles. The number of methoxy groups -OCH3 is 1. The van der Waals surface area contributed by atoms with Gasteiger partial charge in [0.25, 0.3) is 5.91 Å². The van der Waals surface area contributed by atoms with Crippen LogP contribution in [0.15, 0.2) is 42.5 Å². The number of ether oxygens (including phenoxy) is 1. The van der Waals surface area contributed by atoms with E-state index in [-0.39, 0.29) is 18.0 Å². The van der Waals surface area contributed by atoms with E-state index in [1.54, 1.807) is 24.3 Å². The number of amides is 1. The molecule has 5 nitrogen and oxygen atoms in total. The van der Waals surface area contributed by atoms with E-state index in [0.717, 1.165) is 5.56 Å². The maximum absolute atomic E-state index is 12.2. The Hall–Kier alpha value is -2.53. The van der Waals surface area contributed by atoms with Gasteiger partial charge in [0, 0.05) is 11.6 Å². The zero-order valence-electron chi connectivity index (χ0n) is 11.8. The second kappa shape index (κ2) is 6.95. The van der Waals surface area contributed by atoms with Gasteiger partial charge >= 0.3 is 0 Å². The molecule has 0 bridgehead atoms. The molecule has 2 aromatic rings. The molecule has 0 saturated carbocycles. The predicted octanol–water partition coefficient (Wildman–Crippen LogP) is 1.64. The number of hydrogen-bond donors (Lipinski definition) is 1. The van der Waals surface area contributed by atoms with Gasteiger partial charge in [-0.05, 0) is 29.3 Å². The highest BCUT2D eigenvalue weighted by atomic mass is 35.5. The Labute approximate surface area is 132 Å². The summed E-state index contributed by atoms with van der Waals surface area (Å²) in [6, 6.07) is 10.9. The number of halogens is 1. The van der Waals surface area contributed by atoms with E-state index < -0.39 is 5.97 Å². The minimum atomic E-state index is -1.24. The van der Waals surface area contributed by atoms with Crippen LogP contribution in [0.5, 0.6) is 5.75 Å². The largest absolute Gasteiger partial charge is 0.545 e. The number of aromatic carboxylic acids is 1. The molecule has 0 aliphatic carbocycles. The summed E-state index contributed by atoms with van der Waals surface area (Å²) in [5.41, 5.74) is 1.19. The van der Waals surface area contributed by atoms with Crippen molar-refractivity contribution in [3.8, 4) is 5.75 Å². The Morgan fingerprint density at radius 3 is 2.45 bits per heavy atom. The van der Waals surface area contributed by atoms with Gasteiger partial charge < -0.3 is 20.0 Å². The first-order valence-electron chi connectivity index (χ1n) is 6.43. The van der Waals surface area contributed by atoms with Crippen LogP contribution in [0.25, 0.3) is 0 Å². The summed E-state index contributed by atoms with van der Waals surface area (Å²) in [7, 11) is 1.47. The van der Waals surface area contributed by atoms with Gasteiger partial charge in [0.1, 0.15) is 5.75 Å². The van der Waals surface area contributed by atoms with Crippen molar-refractivity contribution in [3.63, 3.8) is 0 Å². The van der Waals surface area contributed by atoms with E-state index in [0.29, 0.717) is 16.3 Å². The fourth-order valence-corrected chi connectivity index (χ4v) is 2.07. The maximum Gasteiger partial charge on any atom is 0.255 e. The van der Waals surface area contributed by atoms with Gasteiger partial charge in [0.2, 0.25) is 0 Å². The first kappa shape index (κ1) is 15.9. The van der Waals surface area contributed by atoms with Gasteiger partial charge in [-0.1, -0.05) is 35.9 Å². The number of carboxylic acids is 1. The second-order valence-electron chi connectivity index (χ2n) is 4.51. The summed E-state index contributed by atoms with van der Waals surface area (Å²) in [6.45, 7) is 0.252. The van der Waals surface area contributed by atoms with Crippen molar-refractivity contribution in [2.75, 3.05) is 7.11 Å². The highest BCUT2D eigenvalue weighted by molar-refractivity contribution is 6.31. The van der Waals surface area contributed by atoms with Gasteiger partial charge in [-0.25, -0.2) is 0 Å². The third-order valence-electron chi connectivity index (χ3n) is 3.05. The van der Waals surface area contributed by atoms with E-state index in [9.17, 15) is 14.7 Å². The van der Waals surface area contributed by atoms with E-state index in [1.807, 2.05) is 0 Å². The normalized spacial score (nSPS) is 10.1. The number of carboxylic acid groups (broad SMARTS) is 1. The van der Waals surface area contributed by atoms with E-state index in [2.05, 4.69) is 5.32 Å². The molecule has 0 saturated heterocycles. The number of rotatable bonds is 5. The molecule has 2 aromatic carbocycles. The van der Waals surface area contributed by atoms with Crippen LogP contribution in [0.2, 0.25) is 5.02 Å². The number of hydrogen-bond acceptors (Lipinski definition) is 4. The highest BCUT2D eigenvalue weighted by Crippen LogP contribution is 2.22. The van der Waals surface area contributed by atoms with E-state index >= 15 is 0 Å². The van der Waals surface area contributed by atoms with E-state index in [4.69, 9.17) is 16.3 Å². The summed E-state index contributed by atoms with van der Waals surface area (Å²) in [5.74, 6) is -1.14. The summed E-state index contributed by atoms with van der Waals surface area (Å²) in [5, 5.41) is 13.8. The lowest BCUT2D eigenvalue weighted by Crippen LogP contribution is -2.24. The smallest absolute Gasteiger partial charge is 0.255 e. The molecule has 6 heteroatoms. The summed E-state index contributed by atoms with van der Waals surface area (Å²) < 4.78 is 5.12. The fourth-order valence-electron chi connectivity index (χ4n) is 1.89. The third-order valence-corrected chi connectivity index (χ3v) is 3.28. The topological polar surface area (TPSA) is 78.5 Å². The summed E-state index contributed by atoms with van der Waals surface area (Å²) >= 11 is 5.89. The first-order chi connectivity index (χ1) is 10.5. The molecule has 0 spiro atoms. The summed E-state index contributed by atoms with van der Waals surface area (Å²) in [4.78, 5) is 22.8. The molecule has 0 aliphatic rings. The molecule has 0 unspecified atom stereocenters. The van der Waals surface area contributed by atoms with Gasteiger partial charge in [-0.15, -0.1) is 0 Å². The van der Waals surface area contributed by atoms with Crippen molar-refractivity contribution < 1.29 is 19.4 Å². The van der Waals surface area contributed by atoms with E-state index in [1.165, 1.54) is 25.3 Å². The Bertz CT molecular complexity index is 698. The number of nitrogens with one attached hydrogen (secondary N) is 1. The standard InChI is InChI=1S/C16H14ClNO4/c1-22-14-7-6-12(17)8-13(14)15(19)18-9-10-2-4-11(5-3-10)16(20)21/h2-8H,9H2,1H3,(H,18,19)(H,20,21)/p-1. The lowest BCUT2D eigenvalue weighted by molar-refractivity contribution is -0.255. The molecule has 0 aromatic heterocycles. The third kappa shape index (κ3) is 3.77. The van der Waals surface area contributed by atoms with Gasteiger partial charge in [-0.3, -0.25) is 4.79 Å². The van der Waals surface area contributed by atoms with Crippen LogP contribution in [-0.2, 0) is 6.54 Å². The molecular formula is C16H13ClNO4-. The monoisotopic (exact) mass is 318 g/mol. The number of carbonyl (C=O) groups is 2. The average molecular weight is 319 g/mol. The molecule has 1 amide bonds. The van der Waals surface area contributed by atoms with Gasteiger partial charge in [-0.2, -0.15) is 0 Å². The summed E-state index contributed by atoms with van der Waals surface area (Å²) in [6.07, 6.45) is 0. The highest BCUT2D eigenvalue weighted by Gasteiger charge is 2.12.